The lowest BCUT2D eigenvalue weighted by atomic mass is 9.99. The summed E-state index contributed by atoms with van der Waals surface area (Å²) < 4.78 is 11.3. The lowest BCUT2D eigenvalue weighted by molar-refractivity contribution is 0.0669. The predicted molar refractivity (Wildman–Crippen MR) is 116 cm³/mol. The topological polar surface area (TPSA) is 71.8 Å². The number of anilines is 1. The maximum absolute atomic E-state index is 13.2. The van der Waals surface area contributed by atoms with Gasteiger partial charge in [0.2, 0.25) is 5.76 Å². The maximum Gasteiger partial charge on any atom is 0.291 e. The van der Waals surface area contributed by atoms with Crippen LogP contribution >= 0.6 is 0 Å². The molecule has 30 heavy (non-hydrogen) atoms. The van der Waals surface area contributed by atoms with Gasteiger partial charge in [-0.25, -0.2) is 0 Å². The molecule has 1 aromatic heterocycles. The Labute approximate surface area is 175 Å². The molecule has 4 rings (SSSR count). The van der Waals surface area contributed by atoms with Crippen LogP contribution in [0.3, 0.4) is 0 Å². The smallest absolute Gasteiger partial charge is 0.291 e. The van der Waals surface area contributed by atoms with Crippen LogP contribution in [0, 0.1) is 5.92 Å². The zero-order valence-electron chi connectivity index (χ0n) is 17.3. The Kier molecular flexibility index (Phi) is 5.74. The van der Waals surface area contributed by atoms with Gasteiger partial charge < -0.3 is 19.4 Å². The maximum atomic E-state index is 13.2. The van der Waals surface area contributed by atoms with E-state index in [0.717, 1.165) is 12.8 Å². The molecule has 6 nitrogen and oxygen atoms in total. The minimum Gasteiger partial charge on any atom is -0.494 e. The molecule has 2 aromatic carbocycles. The number of furan rings is 1. The van der Waals surface area contributed by atoms with E-state index >= 15 is 0 Å². The molecule has 0 aliphatic carbocycles. The number of benzene rings is 2. The van der Waals surface area contributed by atoms with E-state index in [1.807, 2.05) is 30.0 Å². The Hall–Kier alpha value is -3.28. The number of nitrogens with zero attached hydrogens (tertiary/aromatic N) is 1. The van der Waals surface area contributed by atoms with Crippen molar-refractivity contribution in [1.82, 2.24) is 4.90 Å². The van der Waals surface area contributed by atoms with E-state index in [1.54, 1.807) is 30.3 Å². The monoisotopic (exact) mass is 406 g/mol. The number of nitrogens with one attached hydrogen (secondary N) is 1. The van der Waals surface area contributed by atoms with Crippen LogP contribution in [0.25, 0.3) is 11.0 Å². The number of carbonyl (C=O) groups excluding carboxylic acids is 2. The van der Waals surface area contributed by atoms with Crippen molar-refractivity contribution < 1.29 is 18.7 Å². The molecule has 1 aliphatic heterocycles. The zero-order valence-corrected chi connectivity index (χ0v) is 17.3. The van der Waals surface area contributed by atoms with Crippen LogP contribution in [-0.2, 0) is 0 Å². The third-order valence-electron chi connectivity index (χ3n) is 5.53. The van der Waals surface area contributed by atoms with Crippen molar-refractivity contribution in [2.45, 2.75) is 26.7 Å². The van der Waals surface area contributed by atoms with Crippen LogP contribution in [0.5, 0.6) is 5.75 Å². The number of carbonyl (C=O) groups is 2. The van der Waals surface area contributed by atoms with Gasteiger partial charge in [-0.15, -0.1) is 0 Å². The van der Waals surface area contributed by atoms with Crippen molar-refractivity contribution in [3.63, 3.8) is 0 Å². The Morgan fingerprint density at radius 2 is 1.80 bits per heavy atom. The summed E-state index contributed by atoms with van der Waals surface area (Å²) in [6.45, 7) is 6.07. The number of rotatable bonds is 5. The fourth-order valence-corrected chi connectivity index (χ4v) is 3.73. The first kappa shape index (κ1) is 20.0. The van der Waals surface area contributed by atoms with Crippen molar-refractivity contribution in [3.05, 3.63) is 59.9 Å². The molecule has 1 aliphatic rings. The normalized spacial score (nSPS) is 14.7. The van der Waals surface area contributed by atoms with Gasteiger partial charge >= 0.3 is 0 Å². The molecule has 6 heteroatoms. The van der Waals surface area contributed by atoms with Gasteiger partial charge in [0.05, 0.1) is 6.61 Å². The van der Waals surface area contributed by atoms with Crippen molar-refractivity contribution in [3.8, 4) is 5.75 Å². The molecular formula is C24H26N2O4. The van der Waals surface area contributed by atoms with Crippen LogP contribution in [0.15, 0.2) is 52.9 Å². The number of amides is 2. The van der Waals surface area contributed by atoms with Gasteiger partial charge in [-0.05, 0) is 62.1 Å². The van der Waals surface area contributed by atoms with Crippen LogP contribution in [0.2, 0.25) is 0 Å². The highest BCUT2D eigenvalue weighted by Gasteiger charge is 2.28. The summed E-state index contributed by atoms with van der Waals surface area (Å²) in [5, 5.41) is 3.62. The summed E-state index contributed by atoms with van der Waals surface area (Å²) in [6.07, 6.45) is 1.94. The molecule has 1 N–H and O–H groups in total. The molecular weight excluding hydrogens is 380 g/mol. The highest BCUT2D eigenvalue weighted by Crippen LogP contribution is 2.33. The summed E-state index contributed by atoms with van der Waals surface area (Å²) >= 11 is 0. The zero-order chi connectivity index (χ0) is 21.1. The summed E-state index contributed by atoms with van der Waals surface area (Å²) in [5.74, 6) is 1.03. The van der Waals surface area contributed by atoms with Crippen molar-refractivity contribution in [2.24, 2.45) is 5.92 Å². The third kappa shape index (κ3) is 4.03. The van der Waals surface area contributed by atoms with E-state index in [0.29, 0.717) is 53.6 Å². The first-order valence-electron chi connectivity index (χ1n) is 10.4. The van der Waals surface area contributed by atoms with Gasteiger partial charge in [0.15, 0.2) is 0 Å². The second-order valence-corrected chi connectivity index (χ2v) is 7.69. The third-order valence-corrected chi connectivity index (χ3v) is 5.53. The number of hydrogen-bond acceptors (Lipinski definition) is 4. The van der Waals surface area contributed by atoms with E-state index in [4.69, 9.17) is 9.15 Å². The number of fused-ring (bicyclic) bond motifs is 1. The fourth-order valence-electron chi connectivity index (χ4n) is 3.73. The molecule has 0 spiro atoms. The Morgan fingerprint density at radius 1 is 1.10 bits per heavy atom. The molecule has 0 unspecified atom stereocenters. The van der Waals surface area contributed by atoms with E-state index in [9.17, 15) is 9.59 Å². The lowest BCUT2D eigenvalue weighted by Gasteiger charge is -2.29. The average molecular weight is 406 g/mol. The molecule has 2 amide bonds. The summed E-state index contributed by atoms with van der Waals surface area (Å²) in [5.41, 5.74) is 1.48. The van der Waals surface area contributed by atoms with Crippen LogP contribution in [0.1, 0.15) is 47.6 Å². The summed E-state index contributed by atoms with van der Waals surface area (Å²) in [4.78, 5) is 27.9. The largest absolute Gasteiger partial charge is 0.494 e. The van der Waals surface area contributed by atoms with Crippen LogP contribution in [0.4, 0.5) is 5.69 Å². The van der Waals surface area contributed by atoms with Gasteiger partial charge in [-0.2, -0.15) is 0 Å². The fraction of sp³-hybridized carbons (Fsp3) is 0.333. The van der Waals surface area contributed by atoms with Gasteiger partial charge in [-0.3, -0.25) is 9.59 Å². The second kappa shape index (κ2) is 8.61. The number of hydrogen-bond donors (Lipinski definition) is 1. The molecule has 2 heterocycles. The summed E-state index contributed by atoms with van der Waals surface area (Å²) in [6, 6.07) is 14.3. The van der Waals surface area contributed by atoms with Crippen LogP contribution in [-0.4, -0.2) is 36.4 Å². The minimum absolute atomic E-state index is 0.180. The number of para-hydroxylation sites is 1. The highest BCUT2D eigenvalue weighted by atomic mass is 16.5. The molecule has 3 aromatic rings. The van der Waals surface area contributed by atoms with Crippen molar-refractivity contribution in [1.29, 1.82) is 0 Å². The van der Waals surface area contributed by atoms with Gasteiger partial charge in [0.1, 0.15) is 17.0 Å². The molecule has 0 bridgehead atoms. The van der Waals surface area contributed by atoms with E-state index in [1.165, 1.54) is 0 Å². The van der Waals surface area contributed by atoms with E-state index in [-0.39, 0.29) is 17.6 Å². The number of likely N-dealkylation sites (tertiary alicyclic amines) is 1. The van der Waals surface area contributed by atoms with Gasteiger partial charge in [0, 0.05) is 24.0 Å². The molecule has 156 valence electrons. The Bertz CT molecular complexity index is 1050. The van der Waals surface area contributed by atoms with E-state index < -0.39 is 0 Å². The van der Waals surface area contributed by atoms with Crippen LogP contribution < -0.4 is 10.1 Å². The van der Waals surface area contributed by atoms with Crippen molar-refractivity contribution >= 4 is 28.5 Å². The summed E-state index contributed by atoms with van der Waals surface area (Å²) in [7, 11) is 0. The molecule has 1 fully saturated rings. The highest BCUT2D eigenvalue weighted by molar-refractivity contribution is 6.14. The number of piperidine rings is 1. The minimum atomic E-state index is -0.300. The quantitative estimate of drug-likeness (QED) is 0.650. The van der Waals surface area contributed by atoms with E-state index in [2.05, 4.69) is 12.2 Å². The van der Waals surface area contributed by atoms with Gasteiger partial charge in [-0.1, -0.05) is 19.1 Å². The van der Waals surface area contributed by atoms with Crippen molar-refractivity contribution in [2.75, 3.05) is 25.0 Å². The molecule has 0 atom stereocenters. The first-order valence-corrected chi connectivity index (χ1v) is 10.4. The second-order valence-electron chi connectivity index (χ2n) is 7.69. The Morgan fingerprint density at radius 3 is 2.50 bits per heavy atom. The predicted octanol–water partition coefficient (Wildman–Crippen LogP) is 4.96. The van der Waals surface area contributed by atoms with Gasteiger partial charge in [0.25, 0.3) is 11.8 Å². The molecule has 0 saturated carbocycles. The first-order chi connectivity index (χ1) is 14.6. The average Bonchev–Trinajstić information content (AvgIpc) is 3.13. The number of ether oxygens (including phenoxy) is 1. The Balaban J connectivity index is 1.63. The molecule has 1 saturated heterocycles. The SMILES string of the molecule is CCOc1ccc(C(=O)Nc2c(C(=O)N3CCC(C)CC3)oc3ccccc23)cc1. The standard InChI is InChI=1S/C24H26N2O4/c1-3-29-18-10-8-17(9-11-18)23(27)25-21-19-6-4-5-7-20(19)30-22(21)24(28)26-14-12-16(2)13-15-26/h4-11,16H,3,12-15H2,1-2H3,(H,25,27). The molecule has 0 radical (unpaired) electrons. The lowest BCUT2D eigenvalue weighted by Crippen LogP contribution is -2.38.